The Morgan fingerprint density at radius 3 is 3.20 bits per heavy atom. The molecule has 0 bridgehead atoms. The summed E-state index contributed by atoms with van der Waals surface area (Å²) in [5.41, 5.74) is 1.03. The number of rotatable bonds is 4. The van der Waals surface area contributed by atoms with Gasteiger partial charge in [0.1, 0.15) is 0 Å². The van der Waals surface area contributed by atoms with Crippen LogP contribution in [0.3, 0.4) is 0 Å². The fourth-order valence-corrected chi connectivity index (χ4v) is 3.09. The highest BCUT2D eigenvalue weighted by Gasteiger charge is 2.20. The predicted molar refractivity (Wildman–Crippen MR) is 82.2 cm³/mol. The van der Waals surface area contributed by atoms with Gasteiger partial charge in [0.25, 0.3) is 0 Å². The van der Waals surface area contributed by atoms with E-state index < -0.39 is 0 Å². The molecular weight excluding hydrogens is 296 g/mol. The summed E-state index contributed by atoms with van der Waals surface area (Å²) in [6.45, 7) is 2.90. The predicted octanol–water partition coefficient (Wildman–Crippen LogP) is 2.40. The van der Waals surface area contributed by atoms with Gasteiger partial charge in [-0.1, -0.05) is 5.16 Å². The van der Waals surface area contributed by atoms with Crippen LogP contribution in [0.4, 0.5) is 0 Å². The Kier molecular flexibility index (Phi) is 5.54. The smallest absolute Gasteiger partial charge is 0.241 e. The van der Waals surface area contributed by atoms with Crippen molar-refractivity contribution in [1.82, 2.24) is 20.4 Å². The molecule has 1 saturated heterocycles. The molecule has 0 spiro atoms. The van der Waals surface area contributed by atoms with Crippen molar-refractivity contribution in [1.29, 1.82) is 0 Å². The molecule has 0 aliphatic carbocycles. The van der Waals surface area contributed by atoms with Crippen molar-refractivity contribution < 1.29 is 4.52 Å². The highest BCUT2D eigenvalue weighted by atomic mass is 35.5. The molecule has 1 fully saturated rings. The summed E-state index contributed by atoms with van der Waals surface area (Å²) in [5.74, 6) is 1.40. The molecule has 2 aromatic heterocycles. The van der Waals surface area contributed by atoms with Gasteiger partial charge in [0.05, 0.1) is 6.54 Å². The van der Waals surface area contributed by atoms with Crippen molar-refractivity contribution in [3.8, 4) is 11.4 Å². The second-order valence-corrected chi connectivity index (χ2v) is 5.67. The van der Waals surface area contributed by atoms with Crippen molar-refractivity contribution >= 4 is 23.7 Å². The van der Waals surface area contributed by atoms with E-state index in [0.29, 0.717) is 17.8 Å². The topological polar surface area (TPSA) is 54.2 Å². The molecule has 0 radical (unpaired) electrons. The molecule has 2 aromatic rings. The van der Waals surface area contributed by atoms with Crippen LogP contribution in [0.2, 0.25) is 0 Å². The Hall–Kier alpha value is -0.950. The van der Waals surface area contributed by atoms with E-state index in [0.717, 1.165) is 25.2 Å². The molecule has 3 heterocycles. The molecule has 110 valence electrons. The fourth-order valence-electron chi connectivity index (χ4n) is 2.45. The number of hydrogen-bond donors (Lipinski definition) is 1. The Labute approximate surface area is 128 Å². The van der Waals surface area contributed by atoms with E-state index in [1.807, 2.05) is 23.9 Å². The van der Waals surface area contributed by atoms with Gasteiger partial charge in [-0.3, -0.25) is 4.90 Å². The maximum Gasteiger partial charge on any atom is 0.241 e. The van der Waals surface area contributed by atoms with Gasteiger partial charge in [-0.2, -0.15) is 16.3 Å². The maximum absolute atomic E-state index is 5.34. The van der Waals surface area contributed by atoms with Gasteiger partial charge in [0.2, 0.25) is 11.7 Å². The lowest BCUT2D eigenvalue weighted by molar-refractivity contribution is 0.167. The van der Waals surface area contributed by atoms with Gasteiger partial charge in [-0.15, -0.1) is 12.4 Å². The van der Waals surface area contributed by atoms with Crippen LogP contribution in [0.1, 0.15) is 18.7 Å². The van der Waals surface area contributed by atoms with E-state index in [1.54, 1.807) is 11.3 Å². The third kappa shape index (κ3) is 3.58. The molecule has 1 unspecified atom stereocenters. The van der Waals surface area contributed by atoms with Gasteiger partial charge in [-0.25, -0.2) is 0 Å². The minimum atomic E-state index is 0. The van der Waals surface area contributed by atoms with Crippen LogP contribution in [-0.2, 0) is 6.54 Å². The highest BCUT2D eigenvalue weighted by Crippen LogP contribution is 2.19. The number of hydrogen-bond acceptors (Lipinski definition) is 6. The van der Waals surface area contributed by atoms with Crippen LogP contribution in [0, 0.1) is 0 Å². The minimum absolute atomic E-state index is 0. The van der Waals surface area contributed by atoms with E-state index >= 15 is 0 Å². The number of nitrogens with one attached hydrogen (secondary N) is 1. The van der Waals surface area contributed by atoms with Gasteiger partial charge in [0, 0.05) is 23.5 Å². The normalized spacial score (nSPS) is 19.8. The Balaban J connectivity index is 0.00000147. The Morgan fingerprint density at radius 1 is 1.55 bits per heavy atom. The molecule has 0 aromatic carbocycles. The standard InChI is InChI=1S/C13H18N4OS.ClH/c1-14-11-3-2-5-17(7-11)8-12-15-13(16-18-12)10-4-6-19-9-10;/h4,6,9,11,14H,2-3,5,7-8H2,1H3;1H. The number of nitrogens with zero attached hydrogens (tertiary/aromatic N) is 3. The van der Waals surface area contributed by atoms with E-state index in [4.69, 9.17) is 4.52 Å². The van der Waals surface area contributed by atoms with Gasteiger partial charge in [-0.05, 0) is 37.9 Å². The molecule has 0 amide bonds. The molecule has 1 aliphatic rings. The van der Waals surface area contributed by atoms with Gasteiger partial charge < -0.3 is 9.84 Å². The zero-order valence-corrected chi connectivity index (χ0v) is 13.0. The second-order valence-electron chi connectivity index (χ2n) is 4.89. The lowest BCUT2D eigenvalue weighted by Crippen LogP contribution is -2.43. The van der Waals surface area contributed by atoms with Gasteiger partial charge in [0.15, 0.2) is 0 Å². The molecule has 0 saturated carbocycles. The molecule has 7 heteroatoms. The van der Waals surface area contributed by atoms with Crippen molar-refractivity contribution in [2.75, 3.05) is 20.1 Å². The summed E-state index contributed by atoms with van der Waals surface area (Å²) in [4.78, 5) is 6.84. The molecule has 1 N–H and O–H groups in total. The fraction of sp³-hybridized carbons (Fsp3) is 0.538. The number of halogens is 1. The second kappa shape index (κ2) is 7.17. The lowest BCUT2D eigenvalue weighted by Gasteiger charge is -2.31. The third-order valence-corrected chi connectivity index (χ3v) is 4.20. The number of piperidine rings is 1. The Morgan fingerprint density at radius 2 is 2.45 bits per heavy atom. The van der Waals surface area contributed by atoms with Crippen LogP contribution in [0.15, 0.2) is 21.3 Å². The average molecular weight is 315 g/mol. The number of aromatic nitrogens is 2. The summed E-state index contributed by atoms with van der Waals surface area (Å²) in [5, 5.41) is 11.4. The monoisotopic (exact) mass is 314 g/mol. The first-order chi connectivity index (χ1) is 9.35. The molecular formula is C13H19ClN4OS. The van der Waals surface area contributed by atoms with Crippen LogP contribution in [0.5, 0.6) is 0 Å². The van der Waals surface area contributed by atoms with E-state index in [9.17, 15) is 0 Å². The number of likely N-dealkylation sites (tertiary alicyclic amines) is 1. The van der Waals surface area contributed by atoms with Crippen LogP contribution >= 0.6 is 23.7 Å². The first-order valence-corrected chi connectivity index (χ1v) is 7.54. The summed E-state index contributed by atoms with van der Waals surface area (Å²) in [6, 6.07) is 2.59. The summed E-state index contributed by atoms with van der Waals surface area (Å²) < 4.78 is 5.34. The first-order valence-electron chi connectivity index (χ1n) is 6.60. The molecule has 20 heavy (non-hydrogen) atoms. The largest absolute Gasteiger partial charge is 0.338 e. The first kappa shape index (κ1) is 15.4. The lowest BCUT2D eigenvalue weighted by atomic mass is 10.1. The zero-order chi connectivity index (χ0) is 13.1. The molecule has 3 rings (SSSR count). The SMILES string of the molecule is CNC1CCCN(Cc2nc(-c3ccsc3)no2)C1.Cl. The minimum Gasteiger partial charge on any atom is -0.338 e. The van der Waals surface area contributed by atoms with Crippen LogP contribution in [0.25, 0.3) is 11.4 Å². The van der Waals surface area contributed by atoms with Crippen molar-refractivity contribution in [2.24, 2.45) is 0 Å². The molecule has 1 aliphatic heterocycles. The van der Waals surface area contributed by atoms with Crippen LogP contribution < -0.4 is 5.32 Å². The maximum atomic E-state index is 5.34. The molecule has 5 nitrogen and oxygen atoms in total. The quantitative estimate of drug-likeness (QED) is 0.939. The third-order valence-electron chi connectivity index (χ3n) is 3.52. The van der Waals surface area contributed by atoms with Crippen molar-refractivity contribution in [3.05, 3.63) is 22.7 Å². The van der Waals surface area contributed by atoms with Crippen LogP contribution in [-0.4, -0.2) is 41.2 Å². The van der Waals surface area contributed by atoms with E-state index in [-0.39, 0.29) is 12.4 Å². The summed E-state index contributed by atoms with van der Waals surface area (Å²) in [7, 11) is 2.02. The summed E-state index contributed by atoms with van der Waals surface area (Å²) >= 11 is 1.64. The van der Waals surface area contributed by atoms with Gasteiger partial charge >= 0.3 is 0 Å². The molecule has 1 atom stereocenters. The zero-order valence-electron chi connectivity index (χ0n) is 11.4. The highest BCUT2D eigenvalue weighted by molar-refractivity contribution is 7.08. The summed E-state index contributed by atoms with van der Waals surface area (Å²) in [6.07, 6.45) is 2.47. The van der Waals surface area contributed by atoms with E-state index in [2.05, 4.69) is 20.4 Å². The number of likely N-dealkylation sites (N-methyl/N-ethyl adjacent to an activating group) is 1. The van der Waals surface area contributed by atoms with Crippen molar-refractivity contribution in [2.45, 2.75) is 25.4 Å². The van der Waals surface area contributed by atoms with E-state index in [1.165, 1.54) is 12.8 Å². The van der Waals surface area contributed by atoms with Crippen molar-refractivity contribution in [3.63, 3.8) is 0 Å². The number of thiophene rings is 1. The average Bonchev–Trinajstić information content (AvgIpc) is 3.09. The Bertz CT molecular complexity index is 516.